The Bertz CT molecular complexity index is 778. The number of methoxy groups -OCH3 is 1. The number of ether oxygens (including phenoxy) is 1. The zero-order valence-electron chi connectivity index (χ0n) is 15.6. The summed E-state index contributed by atoms with van der Waals surface area (Å²) in [5.41, 5.74) is 3.14. The van der Waals surface area contributed by atoms with Crippen LogP contribution in [0.5, 0.6) is 0 Å². The molecule has 1 saturated heterocycles. The second-order valence-electron chi connectivity index (χ2n) is 6.43. The van der Waals surface area contributed by atoms with Crippen molar-refractivity contribution in [2.75, 3.05) is 37.2 Å². The van der Waals surface area contributed by atoms with Crippen molar-refractivity contribution in [2.45, 2.75) is 12.8 Å². The maximum Gasteiger partial charge on any atom is 0.359 e. The highest BCUT2D eigenvalue weighted by Gasteiger charge is 2.18. The lowest BCUT2D eigenvalue weighted by Gasteiger charge is -2.20. The number of aryl methyl sites for hydroxylation is 1. The van der Waals surface area contributed by atoms with Crippen molar-refractivity contribution in [1.82, 2.24) is 0 Å². The van der Waals surface area contributed by atoms with Gasteiger partial charge < -0.3 is 9.64 Å². The number of hydrazone groups is 1. The van der Waals surface area contributed by atoms with E-state index in [1.165, 1.54) is 25.6 Å². The maximum absolute atomic E-state index is 12.2. The predicted octanol–water partition coefficient (Wildman–Crippen LogP) is 2.12. The van der Waals surface area contributed by atoms with E-state index in [1.54, 1.807) is 5.01 Å². The van der Waals surface area contributed by atoms with Crippen LogP contribution in [0.1, 0.15) is 18.4 Å². The average Bonchev–Trinajstić information content (AvgIpc) is 3.21. The van der Waals surface area contributed by atoms with Crippen LogP contribution in [0.2, 0.25) is 0 Å². The van der Waals surface area contributed by atoms with Crippen molar-refractivity contribution in [3.05, 3.63) is 54.4 Å². The fraction of sp³-hybridized carbons (Fsp3) is 0.350. The molecule has 0 atom stereocenters. The minimum atomic E-state index is -0.459. The monoisotopic (exact) mass is 353 g/mol. The van der Waals surface area contributed by atoms with Gasteiger partial charge >= 0.3 is 5.97 Å². The average molecular weight is 353 g/mol. The van der Waals surface area contributed by atoms with E-state index < -0.39 is 5.97 Å². The number of nitrogens with zero attached hydrogens (tertiary/aromatic N) is 4. The van der Waals surface area contributed by atoms with Crippen LogP contribution in [0.25, 0.3) is 0 Å². The molecule has 6 nitrogen and oxygen atoms in total. The van der Waals surface area contributed by atoms with Gasteiger partial charge in [-0.05, 0) is 37.1 Å². The molecular weight excluding hydrogens is 328 g/mol. The Morgan fingerprint density at radius 2 is 1.73 bits per heavy atom. The number of hydrogen-bond acceptors (Lipinski definition) is 5. The zero-order valence-corrected chi connectivity index (χ0v) is 15.6. The number of benzene rings is 1. The molecule has 26 heavy (non-hydrogen) atoms. The van der Waals surface area contributed by atoms with Crippen LogP contribution in [0.3, 0.4) is 0 Å². The third kappa shape index (κ3) is 4.02. The van der Waals surface area contributed by atoms with Gasteiger partial charge in [-0.3, -0.25) is 5.01 Å². The van der Waals surface area contributed by atoms with Crippen molar-refractivity contribution >= 4 is 23.1 Å². The Kier molecular flexibility index (Phi) is 5.51. The van der Waals surface area contributed by atoms with Crippen LogP contribution in [-0.4, -0.2) is 38.9 Å². The summed E-state index contributed by atoms with van der Waals surface area (Å²) >= 11 is 0. The Hall–Kier alpha value is -2.89. The summed E-state index contributed by atoms with van der Waals surface area (Å²) in [5, 5.41) is 6.20. The summed E-state index contributed by atoms with van der Waals surface area (Å²) in [5.74, 6) is -0.459. The first-order valence-corrected chi connectivity index (χ1v) is 8.80. The Morgan fingerprint density at radius 3 is 2.31 bits per heavy atom. The molecule has 1 aromatic carbocycles. The molecule has 0 unspecified atom stereocenters. The summed E-state index contributed by atoms with van der Waals surface area (Å²) in [6.07, 6.45) is 6.25. The minimum Gasteiger partial charge on any atom is -0.464 e. The number of anilines is 2. The van der Waals surface area contributed by atoms with Gasteiger partial charge in [0.1, 0.15) is 7.05 Å². The summed E-state index contributed by atoms with van der Waals surface area (Å²) in [7, 11) is 5.12. The van der Waals surface area contributed by atoms with Crippen LogP contribution < -0.4 is 14.5 Å². The van der Waals surface area contributed by atoms with Crippen molar-refractivity contribution in [2.24, 2.45) is 12.1 Å². The van der Waals surface area contributed by atoms with Crippen molar-refractivity contribution < 1.29 is 14.1 Å². The number of esters is 1. The fourth-order valence-electron chi connectivity index (χ4n) is 3.03. The van der Waals surface area contributed by atoms with Crippen molar-refractivity contribution in [1.29, 1.82) is 0 Å². The lowest BCUT2D eigenvalue weighted by molar-refractivity contribution is -0.671. The van der Waals surface area contributed by atoms with E-state index in [9.17, 15) is 4.79 Å². The van der Waals surface area contributed by atoms with Crippen LogP contribution >= 0.6 is 0 Å². The van der Waals surface area contributed by atoms with Gasteiger partial charge in [0.15, 0.2) is 18.1 Å². The third-order valence-corrected chi connectivity index (χ3v) is 4.58. The summed E-state index contributed by atoms with van der Waals surface area (Å²) in [4.78, 5) is 14.6. The molecule has 0 radical (unpaired) electrons. The molecule has 136 valence electrons. The molecule has 1 aliphatic heterocycles. The second kappa shape index (κ2) is 7.99. The van der Waals surface area contributed by atoms with Gasteiger partial charge in [-0.15, -0.1) is 0 Å². The first kappa shape index (κ1) is 17.9. The number of aromatic nitrogens is 1. The van der Waals surface area contributed by atoms with E-state index in [4.69, 9.17) is 4.74 Å². The third-order valence-electron chi connectivity index (χ3n) is 4.58. The van der Waals surface area contributed by atoms with Gasteiger partial charge in [-0.1, -0.05) is 0 Å². The molecule has 0 bridgehead atoms. The molecule has 6 heteroatoms. The molecule has 1 aliphatic rings. The second-order valence-corrected chi connectivity index (χ2v) is 6.43. The zero-order chi connectivity index (χ0) is 18.5. The van der Waals surface area contributed by atoms with E-state index in [0.717, 1.165) is 24.3 Å². The van der Waals surface area contributed by atoms with Crippen molar-refractivity contribution in [3.63, 3.8) is 0 Å². The van der Waals surface area contributed by atoms with Gasteiger partial charge in [-0.2, -0.15) is 5.10 Å². The molecular formula is C20H25N4O2+. The number of pyridine rings is 1. The van der Waals surface area contributed by atoms with E-state index in [-0.39, 0.29) is 5.71 Å². The smallest absolute Gasteiger partial charge is 0.359 e. The molecule has 0 aliphatic carbocycles. The summed E-state index contributed by atoms with van der Waals surface area (Å²) in [6.45, 7) is 2.23. The van der Waals surface area contributed by atoms with Gasteiger partial charge in [0, 0.05) is 43.5 Å². The maximum atomic E-state index is 12.2. The highest BCUT2D eigenvalue weighted by molar-refractivity contribution is 6.43. The van der Waals surface area contributed by atoms with Crippen LogP contribution in [-0.2, 0) is 16.6 Å². The summed E-state index contributed by atoms with van der Waals surface area (Å²) < 4.78 is 6.81. The molecule has 0 N–H and O–H groups in total. The quantitative estimate of drug-likeness (QED) is 0.358. The normalized spacial score (nSPS) is 14.4. The van der Waals surface area contributed by atoms with E-state index in [1.807, 2.05) is 55.3 Å². The van der Waals surface area contributed by atoms with Crippen molar-refractivity contribution in [3.8, 4) is 0 Å². The number of carbonyl (C=O) groups is 1. The van der Waals surface area contributed by atoms with E-state index in [0.29, 0.717) is 0 Å². The standard InChI is InChI=1S/C20H25N4O2/c1-22-14-10-16(11-15-22)19(20(25)26-3)21-23(2)17-6-8-18(9-7-17)24-12-4-5-13-24/h6-11,14-15H,4-5,12-13H2,1-3H3/q+1. The van der Waals surface area contributed by atoms with Gasteiger partial charge in [0.2, 0.25) is 0 Å². The minimum absolute atomic E-state index is 0.277. The SMILES string of the molecule is COC(=O)C(=NN(C)c1ccc(N2CCCC2)cc1)c1cc[n+](C)cc1. The number of hydrogen-bond donors (Lipinski definition) is 0. The van der Waals surface area contributed by atoms with Gasteiger partial charge in [0.25, 0.3) is 0 Å². The highest BCUT2D eigenvalue weighted by Crippen LogP contribution is 2.23. The molecule has 1 fully saturated rings. The van der Waals surface area contributed by atoms with E-state index in [2.05, 4.69) is 22.1 Å². The lowest BCUT2D eigenvalue weighted by Crippen LogP contribution is -2.28. The Balaban J connectivity index is 1.84. The van der Waals surface area contributed by atoms with Gasteiger partial charge in [-0.25, -0.2) is 9.36 Å². The summed E-state index contributed by atoms with van der Waals surface area (Å²) in [6, 6.07) is 12.0. The first-order valence-electron chi connectivity index (χ1n) is 8.80. The lowest BCUT2D eigenvalue weighted by atomic mass is 10.1. The molecule has 2 heterocycles. The molecule has 0 spiro atoms. The molecule has 3 rings (SSSR count). The largest absolute Gasteiger partial charge is 0.464 e. The fourth-order valence-corrected chi connectivity index (χ4v) is 3.03. The molecule has 0 amide bonds. The highest BCUT2D eigenvalue weighted by atomic mass is 16.5. The Labute approximate surface area is 154 Å². The molecule has 1 aromatic heterocycles. The van der Waals surface area contributed by atoms with Crippen LogP contribution in [0, 0.1) is 0 Å². The van der Waals surface area contributed by atoms with Gasteiger partial charge in [0.05, 0.1) is 12.8 Å². The number of rotatable bonds is 5. The predicted molar refractivity (Wildman–Crippen MR) is 102 cm³/mol. The molecule has 2 aromatic rings. The van der Waals surface area contributed by atoms with Crippen LogP contribution in [0.4, 0.5) is 11.4 Å². The van der Waals surface area contributed by atoms with E-state index >= 15 is 0 Å². The number of carbonyl (C=O) groups excluding carboxylic acids is 1. The van der Waals surface area contributed by atoms with Crippen LogP contribution in [0.15, 0.2) is 53.9 Å². The Morgan fingerprint density at radius 1 is 1.12 bits per heavy atom. The molecule has 0 saturated carbocycles. The topological polar surface area (TPSA) is 49.0 Å². The first-order chi connectivity index (χ1) is 12.6.